The van der Waals surface area contributed by atoms with Crippen LogP contribution in [0.5, 0.6) is 0 Å². The Morgan fingerprint density at radius 1 is 1.21 bits per heavy atom. The largest absolute Gasteiger partial charge is 0.421 e. The van der Waals surface area contributed by atoms with E-state index in [0.717, 1.165) is 43.4 Å². The average Bonchev–Trinajstić information content (AvgIpc) is 3.14. The van der Waals surface area contributed by atoms with Crippen LogP contribution in [0.1, 0.15) is 42.4 Å². The first-order valence-electron chi connectivity index (χ1n) is 10.7. The van der Waals surface area contributed by atoms with E-state index in [1.165, 1.54) is 6.42 Å². The first-order valence-corrected chi connectivity index (χ1v) is 11.4. The Kier molecular flexibility index (Phi) is 6.66. The molecule has 2 amide bonds. The summed E-state index contributed by atoms with van der Waals surface area (Å²) in [4.78, 5) is 19.1. The smallest absolute Gasteiger partial charge is 0.376 e. The van der Waals surface area contributed by atoms with E-state index in [-0.39, 0.29) is 39.8 Å². The maximum Gasteiger partial charge on any atom is 0.421 e. The van der Waals surface area contributed by atoms with Gasteiger partial charge in [-0.2, -0.15) is 13.2 Å². The molecule has 6 nitrogen and oxygen atoms in total. The predicted molar refractivity (Wildman–Crippen MR) is 121 cm³/mol. The zero-order valence-corrected chi connectivity index (χ0v) is 19.1. The molecular formula is C22H23Cl2F3N4O2. The summed E-state index contributed by atoms with van der Waals surface area (Å²) in [5.74, 6) is 0.858. The number of hydrogen-bond donors (Lipinski definition) is 3. The molecule has 1 aromatic carbocycles. The number of piperidine rings is 1. The number of nitrogens with one attached hydrogen (secondary N) is 2. The summed E-state index contributed by atoms with van der Waals surface area (Å²) in [6, 6.07) is 4.12. The highest BCUT2D eigenvalue weighted by atomic mass is 35.5. The molecule has 1 aliphatic heterocycles. The van der Waals surface area contributed by atoms with Crippen molar-refractivity contribution in [1.82, 2.24) is 10.3 Å². The van der Waals surface area contributed by atoms with Crippen molar-refractivity contribution in [3.63, 3.8) is 0 Å². The molecule has 1 saturated heterocycles. The van der Waals surface area contributed by atoms with E-state index in [2.05, 4.69) is 20.5 Å². The zero-order chi connectivity index (χ0) is 23.8. The number of hydrogen-bond acceptors (Lipinski definition) is 4. The van der Waals surface area contributed by atoms with Gasteiger partial charge in [-0.15, -0.1) is 0 Å². The van der Waals surface area contributed by atoms with Crippen molar-refractivity contribution in [2.24, 2.45) is 0 Å². The van der Waals surface area contributed by atoms with Gasteiger partial charge < -0.3 is 20.6 Å². The van der Waals surface area contributed by atoms with Gasteiger partial charge in [0, 0.05) is 25.8 Å². The number of aromatic nitrogens is 1. The van der Waals surface area contributed by atoms with E-state index in [9.17, 15) is 23.1 Å². The lowest BCUT2D eigenvalue weighted by Gasteiger charge is -2.28. The van der Waals surface area contributed by atoms with Gasteiger partial charge in [-0.1, -0.05) is 23.2 Å². The second-order valence-corrected chi connectivity index (χ2v) is 9.09. The molecule has 1 unspecified atom stereocenters. The molecule has 0 saturated carbocycles. The number of pyridine rings is 1. The Balaban J connectivity index is 1.45. The Bertz CT molecular complexity index is 1060. The number of benzene rings is 1. The SMILES string of the molecule is O=C(NCc1ccnc(N2CCCCC2)c1)Nc1c(Cl)cc2c(c1Cl)CCC2(O)C(F)(F)F. The molecule has 3 N–H and O–H groups in total. The molecule has 0 spiro atoms. The van der Waals surface area contributed by atoms with E-state index in [4.69, 9.17) is 23.2 Å². The van der Waals surface area contributed by atoms with Crippen LogP contribution in [0.15, 0.2) is 24.4 Å². The number of anilines is 2. The Morgan fingerprint density at radius 3 is 2.64 bits per heavy atom. The first kappa shape index (κ1) is 23.9. The highest BCUT2D eigenvalue weighted by Crippen LogP contribution is 2.52. The van der Waals surface area contributed by atoms with Gasteiger partial charge in [0.25, 0.3) is 0 Å². The van der Waals surface area contributed by atoms with Crippen LogP contribution in [-0.4, -0.2) is 35.4 Å². The van der Waals surface area contributed by atoms with Crippen LogP contribution < -0.4 is 15.5 Å². The Morgan fingerprint density at radius 2 is 1.94 bits per heavy atom. The Labute approximate surface area is 199 Å². The van der Waals surface area contributed by atoms with Crippen LogP contribution in [0.3, 0.4) is 0 Å². The van der Waals surface area contributed by atoms with Crippen LogP contribution in [-0.2, 0) is 18.6 Å². The molecule has 11 heteroatoms. The monoisotopic (exact) mass is 502 g/mol. The molecule has 1 aromatic heterocycles. The van der Waals surface area contributed by atoms with E-state index in [1.54, 1.807) is 12.3 Å². The minimum atomic E-state index is -4.87. The molecule has 0 radical (unpaired) electrons. The second-order valence-electron chi connectivity index (χ2n) is 8.31. The van der Waals surface area contributed by atoms with Gasteiger partial charge in [0.1, 0.15) is 5.82 Å². The number of urea groups is 1. The molecule has 1 aliphatic carbocycles. The quantitative estimate of drug-likeness (QED) is 0.523. The van der Waals surface area contributed by atoms with Crippen molar-refractivity contribution >= 4 is 40.7 Å². The van der Waals surface area contributed by atoms with E-state index >= 15 is 0 Å². The topological polar surface area (TPSA) is 77.5 Å². The van der Waals surface area contributed by atoms with Gasteiger partial charge in [-0.3, -0.25) is 0 Å². The molecular weight excluding hydrogens is 480 g/mol. The zero-order valence-electron chi connectivity index (χ0n) is 17.6. The number of halogens is 5. The standard InChI is InChI=1S/C22H23Cl2F3N4O2/c23-16-11-15-14(4-6-21(15,33)22(25,26)27)18(24)19(16)30-20(32)29-12-13-5-7-28-17(10-13)31-8-2-1-3-9-31/h5,7,10-11,33H,1-4,6,8-9,12H2,(H2,29,30,32). The maximum absolute atomic E-state index is 13.4. The van der Waals surface area contributed by atoms with E-state index in [1.807, 2.05) is 6.07 Å². The molecule has 1 fully saturated rings. The van der Waals surface area contributed by atoms with Crippen molar-refractivity contribution in [2.45, 2.75) is 50.4 Å². The number of amides is 2. The van der Waals surface area contributed by atoms with Crippen LogP contribution >= 0.6 is 23.2 Å². The fourth-order valence-electron chi connectivity index (χ4n) is 4.33. The van der Waals surface area contributed by atoms with Crippen molar-refractivity contribution in [1.29, 1.82) is 0 Å². The molecule has 33 heavy (non-hydrogen) atoms. The number of rotatable bonds is 4. The molecule has 2 heterocycles. The molecule has 178 valence electrons. The number of nitrogens with zero attached hydrogens (tertiary/aromatic N) is 2. The third-order valence-electron chi connectivity index (χ3n) is 6.15. The summed E-state index contributed by atoms with van der Waals surface area (Å²) in [7, 11) is 0. The number of aliphatic hydroxyl groups is 1. The minimum absolute atomic E-state index is 0.00439. The van der Waals surface area contributed by atoms with Crippen LogP contribution in [0.25, 0.3) is 0 Å². The van der Waals surface area contributed by atoms with Gasteiger partial charge in [-0.25, -0.2) is 9.78 Å². The second kappa shape index (κ2) is 9.19. The number of alkyl halides is 3. The van der Waals surface area contributed by atoms with E-state index < -0.39 is 24.2 Å². The average molecular weight is 503 g/mol. The summed E-state index contributed by atoms with van der Waals surface area (Å²) in [6.45, 7) is 2.11. The predicted octanol–water partition coefficient (Wildman–Crippen LogP) is 5.40. The molecule has 0 bridgehead atoms. The van der Waals surface area contributed by atoms with Crippen molar-refractivity contribution < 1.29 is 23.1 Å². The normalized spacial score (nSPS) is 20.5. The highest BCUT2D eigenvalue weighted by molar-refractivity contribution is 6.40. The number of carbonyl (C=O) groups excluding carboxylic acids is 1. The van der Waals surface area contributed by atoms with Gasteiger partial charge in [0.05, 0.1) is 15.7 Å². The lowest BCUT2D eigenvalue weighted by Crippen LogP contribution is -2.40. The Hall–Kier alpha value is -2.23. The van der Waals surface area contributed by atoms with Crippen molar-refractivity contribution in [3.05, 3.63) is 51.1 Å². The van der Waals surface area contributed by atoms with Crippen LogP contribution in [0.4, 0.5) is 29.5 Å². The van der Waals surface area contributed by atoms with Gasteiger partial charge >= 0.3 is 12.2 Å². The lowest BCUT2D eigenvalue weighted by molar-refractivity contribution is -0.265. The third-order valence-corrected chi connectivity index (χ3v) is 6.87. The van der Waals surface area contributed by atoms with Gasteiger partial charge in [0.15, 0.2) is 5.60 Å². The fraction of sp³-hybridized carbons (Fsp3) is 0.455. The van der Waals surface area contributed by atoms with Gasteiger partial charge in [0.2, 0.25) is 0 Å². The number of fused-ring (bicyclic) bond motifs is 1. The summed E-state index contributed by atoms with van der Waals surface area (Å²) >= 11 is 12.4. The van der Waals surface area contributed by atoms with Gasteiger partial charge in [-0.05, 0) is 67.0 Å². The summed E-state index contributed by atoms with van der Waals surface area (Å²) < 4.78 is 40.1. The number of carbonyl (C=O) groups is 1. The lowest BCUT2D eigenvalue weighted by atomic mass is 9.95. The molecule has 4 rings (SSSR count). The fourth-order valence-corrected chi connectivity index (χ4v) is 4.97. The van der Waals surface area contributed by atoms with Crippen molar-refractivity contribution in [3.8, 4) is 0 Å². The molecule has 1 atom stereocenters. The maximum atomic E-state index is 13.4. The first-order chi connectivity index (χ1) is 15.6. The highest BCUT2D eigenvalue weighted by Gasteiger charge is 2.58. The minimum Gasteiger partial charge on any atom is -0.376 e. The summed E-state index contributed by atoms with van der Waals surface area (Å²) in [5.41, 5.74) is -2.41. The third kappa shape index (κ3) is 4.72. The van der Waals surface area contributed by atoms with E-state index in [0.29, 0.717) is 0 Å². The summed E-state index contributed by atoms with van der Waals surface area (Å²) in [5, 5.41) is 15.1. The van der Waals surface area contributed by atoms with Crippen molar-refractivity contribution in [2.75, 3.05) is 23.3 Å². The molecule has 2 aromatic rings. The molecule has 2 aliphatic rings. The van der Waals surface area contributed by atoms with Crippen LogP contribution in [0.2, 0.25) is 10.0 Å². The van der Waals surface area contributed by atoms with Crippen LogP contribution in [0, 0.1) is 0 Å². The summed E-state index contributed by atoms with van der Waals surface area (Å²) in [6.07, 6.45) is -0.373.